The zero-order chi connectivity index (χ0) is 18.9. The third-order valence-electron chi connectivity index (χ3n) is 3.61. The molecule has 0 unspecified atom stereocenters. The molecule has 1 aromatic rings. The van der Waals surface area contributed by atoms with Gasteiger partial charge in [-0.1, -0.05) is 67.0 Å². The molecule has 0 aliphatic carbocycles. The molecule has 0 aliphatic rings. The van der Waals surface area contributed by atoms with Crippen molar-refractivity contribution in [1.82, 2.24) is 4.90 Å². The molecule has 0 fully saturated rings. The van der Waals surface area contributed by atoms with Crippen molar-refractivity contribution in [2.75, 3.05) is 18.5 Å². The summed E-state index contributed by atoms with van der Waals surface area (Å²) in [7, 11) is 0. The van der Waals surface area contributed by atoms with Crippen molar-refractivity contribution in [1.29, 1.82) is 0 Å². The largest absolute Gasteiger partial charge is 0.464 e. The van der Waals surface area contributed by atoms with Gasteiger partial charge in [-0.05, 0) is 24.3 Å². The van der Waals surface area contributed by atoms with Crippen LogP contribution in [0, 0.1) is 5.41 Å². The Morgan fingerprint density at radius 3 is 2.32 bits per heavy atom. The quantitative estimate of drug-likeness (QED) is 0.468. The van der Waals surface area contributed by atoms with E-state index < -0.39 is 23.5 Å². The molecule has 1 atom stereocenters. The summed E-state index contributed by atoms with van der Waals surface area (Å²) in [6.45, 7) is 8.37. The lowest BCUT2D eigenvalue weighted by Crippen LogP contribution is -2.53. The zero-order valence-electron chi connectivity index (χ0n) is 15.5. The van der Waals surface area contributed by atoms with Crippen LogP contribution in [0.25, 0.3) is 0 Å². The number of nitrogens with zero attached hydrogens (tertiary/aromatic N) is 1. The Hall–Kier alpha value is -1.56. The van der Waals surface area contributed by atoms with E-state index in [-0.39, 0.29) is 13.2 Å². The number of benzene rings is 1. The maximum atomic E-state index is 12.7. The Morgan fingerprint density at radius 1 is 1.16 bits per heavy atom. The normalized spacial score (nSPS) is 12.4. The highest BCUT2D eigenvalue weighted by Gasteiger charge is 2.40. The fraction of sp³-hybridized carbons (Fsp3) is 0.579. The average molecular weight is 414 g/mol. The lowest BCUT2D eigenvalue weighted by molar-refractivity contribution is -0.153. The highest BCUT2D eigenvalue weighted by molar-refractivity contribution is 9.09. The van der Waals surface area contributed by atoms with Crippen LogP contribution >= 0.6 is 15.9 Å². The predicted octanol–water partition coefficient (Wildman–Crippen LogP) is 4.39. The molecule has 1 rings (SSSR count). The van der Waals surface area contributed by atoms with Crippen molar-refractivity contribution in [2.45, 2.75) is 46.8 Å². The first-order chi connectivity index (χ1) is 11.8. The molecule has 0 radical (unpaired) electrons. The van der Waals surface area contributed by atoms with Gasteiger partial charge in [0.2, 0.25) is 0 Å². The van der Waals surface area contributed by atoms with Crippen LogP contribution in [0.15, 0.2) is 30.3 Å². The lowest BCUT2D eigenvalue weighted by atomic mass is 9.85. The molecule has 6 heteroatoms. The number of hydrogen-bond acceptors (Lipinski definition) is 4. The van der Waals surface area contributed by atoms with Gasteiger partial charge in [0.05, 0.1) is 6.61 Å². The van der Waals surface area contributed by atoms with E-state index in [0.29, 0.717) is 13.0 Å². The van der Waals surface area contributed by atoms with E-state index >= 15 is 0 Å². The number of esters is 1. The molecule has 25 heavy (non-hydrogen) atoms. The minimum absolute atomic E-state index is 0.171. The Kier molecular flexibility index (Phi) is 8.97. The first-order valence-corrected chi connectivity index (χ1v) is 9.63. The number of carbonyl (C=O) groups excluding carboxylic acids is 2. The summed E-state index contributed by atoms with van der Waals surface area (Å²) in [5, 5.41) is 0.731. The van der Waals surface area contributed by atoms with Crippen molar-refractivity contribution in [3.8, 4) is 0 Å². The molecule has 0 aliphatic heterocycles. The number of alkyl halides is 1. The molecule has 0 saturated heterocycles. The Morgan fingerprint density at radius 2 is 1.80 bits per heavy atom. The van der Waals surface area contributed by atoms with Gasteiger partial charge in [-0.2, -0.15) is 0 Å². The number of carbonyl (C=O) groups is 2. The van der Waals surface area contributed by atoms with Crippen LogP contribution in [0.5, 0.6) is 0 Å². The number of ether oxygens (including phenoxy) is 2. The van der Waals surface area contributed by atoms with E-state index in [1.807, 2.05) is 51.1 Å². The highest BCUT2D eigenvalue weighted by atomic mass is 79.9. The monoisotopic (exact) mass is 413 g/mol. The summed E-state index contributed by atoms with van der Waals surface area (Å²) in [4.78, 5) is 26.7. The molecule has 1 amide bonds. The molecule has 0 aromatic heterocycles. The summed E-state index contributed by atoms with van der Waals surface area (Å²) in [5.74, 6) is -0.402. The Bertz CT molecular complexity index is 542. The predicted molar refractivity (Wildman–Crippen MR) is 102 cm³/mol. The summed E-state index contributed by atoms with van der Waals surface area (Å²) in [6.07, 6.45) is 0.213. The molecule has 0 N–H and O–H groups in total. The molecule has 0 saturated carbocycles. The van der Waals surface area contributed by atoms with Gasteiger partial charge in [0.15, 0.2) is 0 Å². The zero-order valence-corrected chi connectivity index (χ0v) is 17.0. The molecule has 140 valence electrons. The van der Waals surface area contributed by atoms with Crippen molar-refractivity contribution >= 4 is 28.0 Å². The van der Waals surface area contributed by atoms with Crippen molar-refractivity contribution in [3.05, 3.63) is 35.9 Å². The second-order valence-electron chi connectivity index (χ2n) is 6.80. The van der Waals surface area contributed by atoms with Crippen molar-refractivity contribution in [3.63, 3.8) is 0 Å². The maximum absolute atomic E-state index is 12.7. The van der Waals surface area contributed by atoms with E-state index in [9.17, 15) is 9.59 Å². The SMILES string of the molecule is CCOC(=O)[C@@H](N(CCCBr)C(=O)OCc1ccccc1)C(C)(C)C. The van der Waals surface area contributed by atoms with Crippen LogP contribution in [0.1, 0.15) is 39.7 Å². The van der Waals surface area contributed by atoms with Gasteiger partial charge in [0, 0.05) is 11.9 Å². The molecule has 1 aromatic carbocycles. The first kappa shape index (κ1) is 21.5. The number of hydrogen-bond donors (Lipinski definition) is 0. The molecule has 0 spiro atoms. The summed E-state index contributed by atoms with van der Waals surface area (Å²) in [5.41, 5.74) is 0.435. The molecule has 5 nitrogen and oxygen atoms in total. The summed E-state index contributed by atoms with van der Waals surface area (Å²) >= 11 is 3.38. The third-order valence-corrected chi connectivity index (χ3v) is 4.17. The fourth-order valence-corrected chi connectivity index (χ4v) is 2.78. The van der Waals surface area contributed by atoms with Crippen LogP contribution in [0.3, 0.4) is 0 Å². The van der Waals surface area contributed by atoms with E-state index in [0.717, 1.165) is 10.9 Å². The average Bonchev–Trinajstić information content (AvgIpc) is 2.56. The minimum atomic E-state index is -0.699. The standard InChI is InChI=1S/C19H28BrNO4/c1-5-24-17(22)16(19(2,3)4)21(13-9-12-20)18(23)25-14-15-10-7-6-8-11-15/h6-8,10-11,16H,5,9,12-14H2,1-4H3/t16-/m1/s1. The van der Waals surface area contributed by atoms with Crippen LogP contribution < -0.4 is 0 Å². The number of rotatable bonds is 8. The lowest BCUT2D eigenvalue weighted by Gasteiger charge is -2.37. The molecule has 0 heterocycles. The van der Waals surface area contributed by atoms with Gasteiger partial charge in [-0.15, -0.1) is 0 Å². The smallest absolute Gasteiger partial charge is 0.410 e. The summed E-state index contributed by atoms with van der Waals surface area (Å²) in [6, 6.07) is 8.77. The molecule has 0 bridgehead atoms. The number of amides is 1. The molecular formula is C19H28BrNO4. The first-order valence-electron chi connectivity index (χ1n) is 8.51. The maximum Gasteiger partial charge on any atom is 0.410 e. The van der Waals surface area contributed by atoms with Crippen LogP contribution in [0.4, 0.5) is 4.79 Å². The van der Waals surface area contributed by atoms with Crippen molar-refractivity contribution < 1.29 is 19.1 Å². The van der Waals surface area contributed by atoms with E-state index in [1.165, 1.54) is 4.90 Å². The minimum Gasteiger partial charge on any atom is -0.464 e. The van der Waals surface area contributed by atoms with Gasteiger partial charge in [0.25, 0.3) is 0 Å². The van der Waals surface area contributed by atoms with Gasteiger partial charge in [0.1, 0.15) is 12.6 Å². The van der Waals surface area contributed by atoms with E-state index in [2.05, 4.69) is 15.9 Å². The van der Waals surface area contributed by atoms with Gasteiger partial charge in [-0.25, -0.2) is 9.59 Å². The fourth-order valence-electron chi connectivity index (χ4n) is 2.53. The van der Waals surface area contributed by atoms with Crippen LogP contribution in [-0.4, -0.2) is 41.5 Å². The highest BCUT2D eigenvalue weighted by Crippen LogP contribution is 2.27. The van der Waals surface area contributed by atoms with E-state index in [4.69, 9.17) is 9.47 Å². The van der Waals surface area contributed by atoms with Gasteiger partial charge < -0.3 is 9.47 Å². The van der Waals surface area contributed by atoms with Gasteiger partial charge >= 0.3 is 12.1 Å². The van der Waals surface area contributed by atoms with Crippen molar-refractivity contribution in [2.24, 2.45) is 5.41 Å². The topological polar surface area (TPSA) is 55.8 Å². The Labute approximate surface area is 158 Å². The van der Waals surface area contributed by atoms with E-state index in [1.54, 1.807) is 6.92 Å². The van der Waals surface area contributed by atoms with Crippen LogP contribution in [0.2, 0.25) is 0 Å². The second-order valence-corrected chi connectivity index (χ2v) is 7.59. The Balaban J connectivity index is 2.94. The second kappa shape index (κ2) is 10.4. The molecular weight excluding hydrogens is 386 g/mol. The van der Waals surface area contributed by atoms with Crippen LogP contribution in [-0.2, 0) is 20.9 Å². The number of halogens is 1. The third kappa shape index (κ3) is 7.06. The summed E-state index contributed by atoms with van der Waals surface area (Å²) < 4.78 is 10.7. The van der Waals surface area contributed by atoms with Gasteiger partial charge in [-0.3, -0.25) is 4.90 Å².